The molecule has 4 nitrogen and oxygen atoms in total. The third-order valence-electron chi connectivity index (χ3n) is 4.53. The van der Waals surface area contributed by atoms with Gasteiger partial charge in [0.1, 0.15) is 17.4 Å². The number of carbonyl (C=O) groups is 1. The van der Waals surface area contributed by atoms with Gasteiger partial charge in [0.2, 0.25) is 0 Å². The van der Waals surface area contributed by atoms with Gasteiger partial charge in [-0.25, -0.2) is 0 Å². The molecule has 2 aromatic rings. The summed E-state index contributed by atoms with van der Waals surface area (Å²) in [6.07, 6.45) is 1.55. The number of aromatic hydroxyl groups is 1. The van der Waals surface area contributed by atoms with Gasteiger partial charge in [0.15, 0.2) is 0 Å². The summed E-state index contributed by atoms with van der Waals surface area (Å²) in [5, 5.41) is 23.6. The number of phenols is 1. The van der Waals surface area contributed by atoms with Crippen LogP contribution in [-0.4, -0.2) is 11.0 Å². The largest absolute Gasteiger partial charge is 0.507 e. The second-order valence-electron chi connectivity index (χ2n) is 9.10. The number of nitriles is 1. The summed E-state index contributed by atoms with van der Waals surface area (Å²) >= 11 is 5.86. The fourth-order valence-electron chi connectivity index (χ4n) is 2.93. The predicted octanol–water partition coefficient (Wildman–Crippen LogP) is 6.19. The number of nitrogens with one attached hydrogen (secondary N) is 1. The van der Waals surface area contributed by atoms with Crippen molar-refractivity contribution >= 4 is 29.3 Å². The van der Waals surface area contributed by atoms with E-state index in [1.807, 2.05) is 59.7 Å². The zero-order valence-electron chi connectivity index (χ0n) is 17.7. The third kappa shape index (κ3) is 5.62. The number of benzene rings is 2. The molecule has 0 saturated carbocycles. The van der Waals surface area contributed by atoms with Crippen LogP contribution in [0.25, 0.3) is 6.08 Å². The molecule has 0 fully saturated rings. The van der Waals surface area contributed by atoms with E-state index in [2.05, 4.69) is 5.32 Å². The highest BCUT2D eigenvalue weighted by Crippen LogP contribution is 2.40. The van der Waals surface area contributed by atoms with E-state index in [0.29, 0.717) is 16.3 Å². The molecule has 0 aromatic heterocycles. The molecule has 0 atom stereocenters. The maximum absolute atomic E-state index is 12.6. The number of hydrogen-bond acceptors (Lipinski definition) is 3. The van der Waals surface area contributed by atoms with Crippen LogP contribution < -0.4 is 5.32 Å². The van der Waals surface area contributed by atoms with Crippen molar-refractivity contribution < 1.29 is 9.90 Å². The summed E-state index contributed by atoms with van der Waals surface area (Å²) in [7, 11) is 0. The summed E-state index contributed by atoms with van der Waals surface area (Å²) in [6.45, 7) is 12.1. The first-order valence-corrected chi connectivity index (χ1v) is 9.77. The Bertz CT molecular complexity index is 951. The first-order valence-electron chi connectivity index (χ1n) is 9.39. The highest BCUT2D eigenvalue weighted by atomic mass is 35.5. The molecule has 0 aliphatic rings. The Hall–Kier alpha value is -2.77. The van der Waals surface area contributed by atoms with Gasteiger partial charge in [-0.3, -0.25) is 4.79 Å². The monoisotopic (exact) mass is 410 g/mol. The summed E-state index contributed by atoms with van der Waals surface area (Å²) in [4.78, 5) is 12.6. The lowest BCUT2D eigenvalue weighted by molar-refractivity contribution is -0.112. The van der Waals surface area contributed by atoms with Crippen molar-refractivity contribution in [2.24, 2.45) is 0 Å². The van der Waals surface area contributed by atoms with Crippen molar-refractivity contribution in [3.63, 3.8) is 0 Å². The average molecular weight is 411 g/mol. The van der Waals surface area contributed by atoms with E-state index in [-0.39, 0.29) is 22.2 Å². The normalized spacial score (nSPS) is 12.4. The molecule has 2 rings (SSSR count). The molecule has 2 aromatic carbocycles. The highest BCUT2D eigenvalue weighted by Gasteiger charge is 2.26. The number of rotatable bonds is 3. The quantitative estimate of drug-likeness (QED) is 0.468. The van der Waals surface area contributed by atoms with E-state index in [9.17, 15) is 15.2 Å². The molecule has 0 saturated heterocycles. The van der Waals surface area contributed by atoms with Crippen LogP contribution in [0, 0.1) is 11.3 Å². The minimum atomic E-state index is -0.502. The molecule has 0 unspecified atom stereocenters. The van der Waals surface area contributed by atoms with Crippen LogP contribution in [0.3, 0.4) is 0 Å². The predicted molar refractivity (Wildman–Crippen MR) is 119 cm³/mol. The van der Waals surface area contributed by atoms with Crippen molar-refractivity contribution in [1.29, 1.82) is 5.26 Å². The lowest BCUT2D eigenvalue weighted by atomic mass is 9.78. The Labute approximate surface area is 177 Å². The number of phenolic OH excluding ortho intramolecular Hbond substituents is 1. The molecule has 29 heavy (non-hydrogen) atoms. The van der Waals surface area contributed by atoms with Gasteiger partial charge in [0, 0.05) is 21.8 Å². The van der Waals surface area contributed by atoms with Crippen molar-refractivity contribution in [3.8, 4) is 11.8 Å². The molecule has 0 aliphatic heterocycles. The van der Waals surface area contributed by atoms with Gasteiger partial charge in [-0.2, -0.15) is 5.26 Å². The number of halogens is 1. The number of hydrogen-bond donors (Lipinski definition) is 2. The van der Waals surface area contributed by atoms with E-state index < -0.39 is 5.91 Å². The summed E-state index contributed by atoms with van der Waals surface area (Å²) in [6, 6.07) is 12.3. The molecule has 0 radical (unpaired) electrons. The molecule has 0 heterocycles. The smallest absolute Gasteiger partial charge is 0.266 e. The van der Waals surface area contributed by atoms with Crippen LogP contribution in [-0.2, 0) is 15.6 Å². The van der Waals surface area contributed by atoms with Crippen LogP contribution in [0.5, 0.6) is 5.75 Å². The minimum absolute atomic E-state index is 0.0228. The van der Waals surface area contributed by atoms with E-state index in [4.69, 9.17) is 11.6 Å². The van der Waals surface area contributed by atoms with Gasteiger partial charge in [-0.05, 0) is 58.9 Å². The lowest BCUT2D eigenvalue weighted by Crippen LogP contribution is -2.18. The minimum Gasteiger partial charge on any atom is -0.507 e. The van der Waals surface area contributed by atoms with Crippen LogP contribution in [0.2, 0.25) is 5.02 Å². The summed E-state index contributed by atoms with van der Waals surface area (Å²) in [5.41, 5.74) is 2.17. The van der Waals surface area contributed by atoms with Gasteiger partial charge >= 0.3 is 0 Å². The zero-order chi connectivity index (χ0) is 22.0. The highest BCUT2D eigenvalue weighted by molar-refractivity contribution is 6.30. The molecule has 5 heteroatoms. The Kier molecular flexibility index (Phi) is 6.45. The van der Waals surface area contributed by atoms with Gasteiger partial charge in [0.25, 0.3) is 5.91 Å². The van der Waals surface area contributed by atoms with E-state index >= 15 is 0 Å². The molecule has 152 valence electrons. The third-order valence-corrected chi connectivity index (χ3v) is 4.78. The van der Waals surface area contributed by atoms with Crippen LogP contribution in [0.4, 0.5) is 5.69 Å². The van der Waals surface area contributed by atoms with Gasteiger partial charge in [-0.1, -0.05) is 53.1 Å². The summed E-state index contributed by atoms with van der Waals surface area (Å²) in [5.74, 6) is -0.246. The Morgan fingerprint density at radius 2 is 1.52 bits per heavy atom. The fourth-order valence-corrected chi connectivity index (χ4v) is 3.06. The van der Waals surface area contributed by atoms with Gasteiger partial charge < -0.3 is 10.4 Å². The molecule has 1 amide bonds. The van der Waals surface area contributed by atoms with E-state index in [0.717, 1.165) is 11.1 Å². The molecule has 0 spiro atoms. The summed E-state index contributed by atoms with van der Waals surface area (Å²) < 4.78 is 0. The average Bonchev–Trinajstić information content (AvgIpc) is 2.60. The molecular weight excluding hydrogens is 384 g/mol. The topological polar surface area (TPSA) is 73.1 Å². The van der Waals surface area contributed by atoms with Crippen molar-refractivity contribution in [2.75, 3.05) is 5.32 Å². The molecule has 0 bridgehead atoms. The van der Waals surface area contributed by atoms with E-state index in [1.54, 1.807) is 30.3 Å². The van der Waals surface area contributed by atoms with Gasteiger partial charge in [0.05, 0.1) is 0 Å². The Balaban J connectivity index is 2.50. The standard InChI is InChI=1S/C24H27ClN2O2/c1-23(2,3)19-12-15(13-20(21(19)28)24(4,5)6)11-16(14-26)22(29)27-18-9-7-17(25)8-10-18/h7-13,28H,1-6H3,(H,27,29)/b16-11+. The fraction of sp³-hybridized carbons (Fsp3) is 0.333. The number of anilines is 1. The van der Waals surface area contributed by atoms with Crippen LogP contribution >= 0.6 is 11.6 Å². The molecule has 0 aliphatic carbocycles. The second kappa shape index (κ2) is 8.31. The van der Waals surface area contributed by atoms with Crippen molar-refractivity contribution in [2.45, 2.75) is 52.4 Å². The molecular formula is C24H27ClN2O2. The first-order chi connectivity index (χ1) is 13.3. The maximum Gasteiger partial charge on any atom is 0.266 e. The van der Waals surface area contributed by atoms with Crippen LogP contribution in [0.1, 0.15) is 58.2 Å². The number of nitrogens with zero attached hydrogens (tertiary/aromatic N) is 1. The van der Waals surface area contributed by atoms with E-state index in [1.165, 1.54) is 0 Å². The Morgan fingerprint density at radius 3 is 1.93 bits per heavy atom. The van der Waals surface area contributed by atoms with Crippen molar-refractivity contribution in [3.05, 3.63) is 63.7 Å². The number of amides is 1. The first kappa shape index (κ1) is 22.5. The van der Waals surface area contributed by atoms with Crippen LogP contribution in [0.15, 0.2) is 42.0 Å². The Morgan fingerprint density at radius 1 is 1.03 bits per heavy atom. The number of carbonyl (C=O) groups excluding carboxylic acids is 1. The zero-order valence-corrected chi connectivity index (χ0v) is 18.5. The second-order valence-corrected chi connectivity index (χ2v) is 9.53. The van der Waals surface area contributed by atoms with Crippen molar-refractivity contribution in [1.82, 2.24) is 0 Å². The molecule has 2 N–H and O–H groups in total. The maximum atomic E-state index is 12.6. The SMILES string of the molecule is CC(C)(C)c1cc(/C=C(\C#N)C(=O)Nc2ccc(Cl)cc2)cc(C(C)(C)C)c1O. The lowest BCUT2D eigenvalue weighted by Gasteiger charge is -2.28. The van der Waals surface area contributed by atoms with Gasteiger partial charge in [-0.15, -0.1) is 0 Å².